The molecule has 4 heteroatoms. The van der Waals surface area contributed by atoms with Gasteiger partial charge in [0.05, 0.1) is 6.10 Å². The Morgan fingerprint density at radius 3 is 2.70 bits per heavy atom. The van der Waals surface area contributed by atoms with Crippen LogP contribution in [-0.2, 0) is 9.53 Å². The van der Waals surface area contributed by atoms with Crippen LogP contribution in [0.3, 0.4) is 0 Å². The number of rotatable bonds is 5. The summed E-state index contributed by atoms with van der Waals surface area (Å²) in [4.78, 5) is 9.86. The van der Waals surface area contributed by atoms with Gasteiger partial charge in [0.25, 0.3) is 0 Å². The lowest BCUT2D eigenvalue weighted by Crippen LogP contribution is -2.11. The zero-order valence-electron chi connectivity index (χ0n) is 5.91. The van der Waals surface area contributed by atoms with E-state index in [0.717, 1.165) is 0 Å². The summed E-state index contributed by atoms with van der Waals surface area (Å²) in [5.41, 5.74) is 0. The van der Waals surface area contributed by atoms with Gasteiger partial charge in [-0.15, -0.1) is 0 Å². The molecule has 0 saturated carbocycles. The minimum absolute atomic E-state index is 0.285. The Balaban J connectivity index is 2.98. The van der Waals surface area contributed by atoms with Gasteiger partial charge in [0.2, 0.25) is 0 Å². The van der Waals surface area contributed by atoms with Gasteiger partial charge in [0.1, 0.15) is 6.61 Å². The number of carboxylic acids is 1. The third-order valence-electron chi connectivity index (χ3n) is 0.906. The van der Waals surface area contributed by atoms with Crippen molar-refractivity contribution in [3.63, 3.8) is 0 Å². The van der Waals surface area contributed by atoms with Crippen LogP contribution in [-0.4, -0.2) is 35.5 Å². The third kappa shape index (κ3) is 7.39. The molecule has 10 heavy (non-hydrogen) atoms. The maximum atomic E-state index is 9.86. The van der Waals surface area contributed by atoms with Crippen LogP contribution in [0.5, 0.6) is 0 Å². The largest absolute Gasteiger partial charge is 0.480 e. The van der Waals surface area contributed by atoms with Gasteiger partial charge >= 0.3 is 5.97 Å². The summed E-state index contributed by atoms with van der Waals surface area (Å²) in [6.45, 7) is 1.64. The van der Waals surface area contributed by atoms with E-state index in [2.05, 4.69) is 4.74 Å². The van der Waals surface area contributed by atoms with Crippen molar-refractivity contribution in [1.29, 1.82) is 0 Å². The van der Waals surface area contributed by atoms with Crippen molar-refractivity contribution >= 4 is 5.97 Å². The molecule has 0 aromatic rings. The van der Waals surface area contributed by atoms with Gasteiger partial charge < -0.3 is 14.9 Å². The predicted octanol–water partition coefficient (Wildman–Crippen LogP) is -0.142. The van der Waals surface area contributed by atoms with E-state index < -0.39 is 12.1 Å². The van der Waals surface area contributed by atoms with E-state index in [9.17, 15) is 4.79 Å². The molecule has 0 radical (unpaired) electrons. The van der Waals surface area contributed by atoms with Crippen LogP contribution < -0.4 is 0 Å². The fraction of sp³-hybridized carbons (Fsp3) is 0.833. The van der Waals surface area contributed by atoms with E-state index in [-0.39, 0.29) is 6.61 Å². The van der Waals surface area contributed by atoms with Crippen molar-refractivity contribution in [1.82, 2.24) is 0 Å². The molecule has 60 valence electrons. The highest BCUT2D eigenvalue weighted by molar-refractivity contribution is 5.67. The van der Waals surface area contributed by atoms with Gasteiger partial charge in [0, 0.05) is 6.61 Å². The number of carbonyl (C=O) groups is 1. The predicted molar refractivity (Wildman–Crippen MR) is 34.8 cm³/mol. The van der Waals surface area contributed by atoms with Gasteiger partial charge in [-0.2, -0.15) is 0 Å². The summed E-state index contributed by atoms with van der Waals surface area (Å²) < 4.78 is 4.65. The van der Waals surface area contributed by atoms with Crippen molar-refractivity contribution in [2.75, 3.05) is 13.2 Å². The lowest BCUT2D eigenvalue weighted by molar-refractivity contribution is -0.142. The number of ether oxygens (including phenoxy) is 1. The first-order valence-electron chi connectivity index (χ1n) is 3.10. The number of aliphatic carboxylic acids is 1. The first kappa shape index (κ1) is 9.39. The summed E-state index contributed by atoms with van der Waals surface area (Å²) in [5, 5.41) is 16.8. The van der Waals surface area contributed by atoms with Crippen LogP contribution >= 0.6 is 0 Å². The van der Waals surface area contributed by atoms with Crippen LogP contribution in [0.25, 0.3) is 0 Å². The van der Waals surface area contributed by atoms with E-state index >= 15 is 0 Å². The third-order valence-corrected chi connectivity index (χ3v) is 0.906. The SMILES string of the molecule is C[C@@H](O)CCOCC(=O)O. The number of hydrogen-bond donors (Lipinski definition) is 2. The molecule has 0 spiro atoms. The van der Waals surface area contributed by atoms with Crippen LogP contribution in [0, 0.1) is 0 Å². The van der Waals surface area contributed by atoms with E-state index in [1.165, 1.54) is 0 Å². The van der Waals surface area contributed by atoms with Gasteiger partial charge in [-0.05, 0) is 13.3 Å². The summed E-state index contributed by atoms with van der Waals surface area (Å²) in [6.07, 6.45) is 0.0570. The number of hydrogen-bond acceptors (Lipinski definition) is 3. The molecule has 0 aromatic heterocycles. The van der Waals surface area contributed by atoms with E-state index in [1.807, 2.05) is 0 Å². The average Bonchev–Trinajstić information content (AvgIpc) is 1.79. The van der Waals surface area contributed by atoms with E-state index in [0.29, 0.717) is 13.0 Å². The minimum Gasteiger partial charge on any atom is -0.480 e. The molecule has 0 aliphatic rings. The molecular formula is C6H12O4. The smallest absolute Gasteiger partial charge is 0.329 e. The second-order valence-electron chi connectivity index (χ2n) is 2.08. The normalized spacial score (nSPS) is 13.0. The topological polar surface area (TPSA) is 66.8 Å². The Labute approximate surface area is 59.4 Å². The second-order valence-corrected chi connectivity index (χ2v) is 2.08. The van der Waals surface area contributed by atoms with Crippen LogP contribution in [0.15, 0.2) is 0 Å². The average molecular weight is 148 g/mol. The molecule has 0 aliphatic carbocycles. The molecule has 2 N–H and O–H groups in total. The van der Waals surface area contributed by atoms with E-state index in [4.69, 9.17) is 10.2 Å². The molecule has 1 atom stereocenters. The molecule has 0 aliphatic heterocycles. The summed E-state index contributed by atoms with van der Waals surface area (Å²) in [5.74, 6) is -0.981. The Kier molecular flexibility index (Phi) is 4.88. The van der Waals surface area contributed by atoms with Gasteiger partial charge in [0.15, 0.2) is 0 Å². The highest BCUT2D eigenvalue weighted by Gasteiger charge is 1.97. The number of carboxylic acid groups (broad SMARTS) is 1. The first-order valence-corrected chi connectivity index (χ1v) is 3.10. The minimum atomic E-state index is -0.981. The van der Waals surface area contributed by atoms with Crippen LogP contribution in [0.1, 0.15) is 13.3 Å². The quantitative estimate of drug-likeness (QED) is 0.532. The lowest BCUT2D eigenvalue weighted by Gasteiger charge is -2.02. The Morgan fingerprint density at radius 1 is 1.70 bits per heavy atom. The molecule has 0 fully saturated rings. The van der Waals surface area contributed by atoms with Gasteiger partial charge in [-0.1, -0.05) is 0 Å². The summed E-state index contributed by atoms with van der Waals surface area (Å²) >= 11 is 0. The Bertz CT molecular complexity index is 99.9. The molecular weight excluding hydrogens is 136 g/mol. The fourth-order valence-electron chi connectivity index (χ4n) is 0.413. The zero-order chi connectivity index (χ0) is 7.98. The second kappa shape index (κ2) is 5.20. The molecule has 0 saturated heterocycles. The highest BCUT2D eigenvalue weighted by atomic mass is 16.5. The van der Waals surface area contributed by atoms with E-state index in [1.54, 1.807) is 6.92 Å². The fourth-order valence-corrected chi connectivity index (χ4v) is 0.413. The number of aliphatic hydroxyl groups is 1. The van der Waals surface area contributed by atoms with Crippen molar-refractivity contribution in [3.8, 4) is 0 Å². The summed E-state index contributed by atoms with van der Waals surface area (Å²) in [6, 6.07) is 0. The molecule has 0 amide bonds. The van der Waals surface area contributed by atoms with Gasteiger partial charge in [-0.25, -0.2) is 4.79 Å². The zero-order valence-corrected chi connectivity index (χ0v) is 5.91. The molecule has 0 bridgehead atoms. The molecule has 0 heterocycles. The molecule has 0 rings (SSSR count). The molecule has 4 nitrogen and oxygen atoms in total. The van der Waals surface area contributed by atoms with Gasteiger partial charge in [-0.3, -0.25) is 0 Å². The maximum absolute atomic E-state index is 9.86. The van der Waals surface area contributed by atoms with Crippen LogP contribution in [0.2, 0.25) is 0 Å². The molecule has 0 unspecified atom stereocenters. The van der Waals surface area contributed by atoms with Crippen molar-refractivity contribution < 1.29 is 19.7 Å². The van der Waals surface area contributed by atoms with Crippen molar-refractivity contribution in [2.24, 2.45) is 0 Å². The van der Waals surface area contributed by atoms with Crippen LogP contribution in [0.4, 0.5) is 0 Å². The Hall–Kier alpha value is -0.610. The Morgan fingerprint density at radius 2 is 2.30 bits per heavy atom. The molecule has 0 aromatic carbocycles. The summed E-state index contributed by atoms with van der Waals surface area (Å²) in [7, 11) is 0. The lowest BCUT2D eigenvalue weighted by atomic mass is 10.3. The first-order chi connectivity index (χ1) is 4.63. The standard InChI is InChI=1S/C6H12O4/c1-5(7)2-3-10-4-6(8)9/h5,7H,2-4H2,1H3,(H,8,9)/t5-/m1/s1. The highest BCUT2D eigenvalue weighted by Crippen LogP contribution is 1.89. The maximum Gasteiger partial charge on any atom is 0.329 e. The number of aliphatic hydroxyl groups excluding tert-OH is 1. The monoisotopic (exact) mass is 148 g/mol. The van der Waals surface area contributed by atoms with Crippen molar-refractivity contribution in [3.05, 3.63) is 0 Å². The van der Waals surface area contributed by atoms with Crippen molar-refractivity contribution in [2.45, 2.75) is 19.4 Å².